The summed E-state index contributed by atoms with van der Waals surface area (Å²) in [5.74, 6) is 0.781. The van der Waals surface area contributed by atoms with Crippen molar-refractivity contribution in [1.82, 2.24) is 9.97 Å². The Kier molecular flexibility index (Phi) is 8.97. The number of hydrogen-bond acceptors (Lipinski definition) is 4. The largest absolute Gasteiger partial charge is 0.330 e. The van der Waals surface area contributed by atoms with E-state index in [1.165, 1.54) is 0 Å². The van der Waals surface area contributed by atoms with Crippen molar-refractivity contribution in [1.29, 1.82) is 0 Å². The van der Waals surface area contributed by atoms with Crippen LogP contribution in [0.1, 0.15) is 37.9 Å². The van der Waals surface area contributed by atoms with Crippen LogP contribution in [0.5, 0.6) is 0 Å². The number of nitrogens with one attached hydrogen (secondary N) is 1. The van der Waals surface area contributed by atoms with Crippen LogP contribution in [0.15, 0.2) is 36.5 Å². The molecule has 0 saturated carbocycles. The highest BCUT2D eigenvalue weighted by Crippen LogP contribution is 2.21. The molecule has 5 nitrogen and oxygen atoms in total. The van der Waals surface area contributed by atoms with Crippen molar-refractivity contribution in [3.05, 3.63) is 42.4 Å². The van der Waals surface area contributed by atoms with E-state index in [2.05, 4.69) is 15.3 Å². The number of aromatic nitrogens is 2. The number of carbonyl (C=O) groups is 1. The number of nitrogens with two attached hydrogens (primary N) is 1. The first-order chi connectivity index (χ1) is 11.2. The highest BCUT2D eigenvalue weighted by molar-refractivity contribution is 5.91. The zero-order valence-electron chi connectivity index (χ0n) is 14.0. The standard InChI is InChI=1S/C18H24N4O.ClH/c1-14-20-12-10-17(21-14)15-7-6-8-16(13-15)22-18(23)9-4-2-3-5-11-19;/h6-8,10,12-13H,2-5,9,11,19H2,1H3,(H,22,23);1H. The van der Waals surface area contributed by atoms with E-state index in [1.54, 1.807) is 6.20 Å². The summed E-state index contributed by atoms with van der Waals surface area (Å²) in [5, 5.41) is 2.95. The second kappa shape index (κ2) is 10.7. The Balaban J connectivity index is 0.00000288. The third-order valence-electron chi connectivity index (χ3n) is 3.58. The summed E-state index contributed by atoms with van der Waals surface area (Å²) in [5.41, 5.74) is 8.08. The Hall–Kier alpha value is -1.98. The molecular formula is C18H25ClN4O. The average Bonchev–Trinajstić information content (AvgIpc) is 2.55. The molecule has 0 radical (unpaired) electrons. The quantitative estimate of drug-likeness (QED) is 0.712. The minimum absolute atomic E-state index is 0. The lowest BCUT2D eigenvalue weighted by Gasteiger charge is -2.08. The molecular weight excluding hydrogens is 324 g/mol. The van der Waals surface area contributed by atoms with E-state index in [0.717, 1.165) is 55.0 Å². The lowest BCUT2D eigenvalue weighted by molar-refractivity contribution is -0.116. The maximum Gasteiger partial charge on any atom is 0.224 e. The summed E-state index contributed by atoms with van der Waals surface area (Å²) in [7, 11) is 0. The first-order valence-electron chi connectivity index (χ1n) is 8.09. The Bertz CT molecular complexity index is 648. The molecule has 2 rings (SSSR count). The van der Waals surface area contributed by atoms with Crippen LogP contribution in [0.3, 0.4) is 0 Å². The number of carbonyl (C=O) groups excluding carboxylic acids is 1. The molecule has 130 valence electrons. The van der Waals surface area contributed by atoms with Crippen molar-refractivity contribution in [3.63, 3.8) is 0 Å². The third-order valence-corrected chi connectivity index (χ3v) is 3.58. The molecule has 0 saturated heterocycles. The van der Waals surface area contributed by atoms with Crippen molar-refractivity contribution in [2.45, 2.75) is 39.0 Å². The van der Waals surface area contributed by atoms with Crippen LogP contribution < -0.4 is 11.1 Å². The molecule has 0 aliphatic heterocycles. The van der Waals surface area contributed by atoms with Crippen molar-refractivity contribution in [2.24, 2.45) is 5.73 Å². The Morgan fingerprint density at radius 1 is 1.17 bits per heavy atom. The SMILES string of the molecule is Cc1nccc(-c2cccc(NC(=O)CCCCCCN)c2)n1.Cl. The van der Waals surface area contributed by atoms with Gasteiger partial charge in [-0.15, -0.1) is 12.4 Å². The first kappa shape index (κ1) is 20.1. The van der Waals surface area contributed by atoms with Gasteiger partial charge in [0.1, 0.15) is 5.82 Å². The predicted molar refractivity (Wildman–Crippen MR) is 100 cm³/mol. The summed E-state index contributed by atoms with van der Waals surface area (Å²) < 4.78 is 0. The van der Waals surface area contributed by atoms with Gasteiger partial charge in [0, 0.05) is 23.9 Å². The number of benzene rings is 1. The fraction of sp³-hybridized carbons (Fsp3) is 0.389. The number of amides is 1. The smallest absolute Gasteiger partial charge is 0.224 e. The van der Waals surface area contributed by atoms with Crippen molar-refractivity contribution in [3.8, 4) is 11.3 Å². The van der Waals surface area contributed by atoms with Gasteiger partial charge in [0.2, 0.25) is 5.91 Å². The lowest BCUT2D eigenvalue weighted by atomic mass is 10.1. The van der Waals surface area contributed by atoms with Crippen molar-refractivity contribution >= 4 is 24.0 Å². The summed E-state index contributed by atoms with van der Waals surface area (Å²) in [6.45, 7) is 2.58. The monoisotopic (exact) mass is 348 g/mol. The van der Waals surface area contributed by atoms with Gasteiger partial charge in [0.15, 0.2) is 0 Å². The molecule has 0 bridgehead atoms. The van der Waals surface area contributed by atoms with Crippen LogP contribution in [0.4, 0.5) is 5.69 Å². The number of unbranched alkanes of at least 4 members (excludes halogenated alkanes) is 3. The van der Waals surface area contributed by atoms with E-state index >= 15 is 0 Å². The maximum atomic E-state index is 12.0. The van der Waals surface area contributed by atoms with Gasteiger partial charge in [-0.1, -0.05) is 25.0 Å². The van der Waals surface area contributed by atoms with E-state index in [9.17, 15) is 4.79 Å². The van der Waals surface area contributed by atoms with Crippen LogP contribution in [-0.4, -0.2) is 22.4 Å². The summed E-state index contributed by atoms with van der Waals surface area (Å²) >= 11 is 0. The molecule has 6 heteroatoms. The van der Waals surface area contributed by atoms with Crippen LogP contribution in [-0.2, 0) is 4.79 Å². The topological polar surface area (TPSA) is 80.9 Å². The first-order valence-corrected chi connectivity index (χ1v) is 8.09. The van der Waals surface area contributed by atoms with Gasteiger partial charge in [-0.3, -0.25) is 4.79 Å². The van der Waals surface area contributed by atoms with Gasteiger partial charge < -0.3 is 11.1 Å². The Morgan fingerprint density at radius 2 is 1.96 bits per heavy atom. The van der Waals surface area contributed by atoms with Crippen LogP contribution in [0.2, 0.25) is 0 Å². The molecule has 0 aliphatic rings. The summed E-state index contributed by atoms with van der Waals surface area (Å²) in [6.07, 6.45) is 6.35. The number of nitrogens with zero attached hydrogens (tertiary/aromatic N) is 2. The number of hydrogen-bond donors (Lipinski definition) is 2. The second-order valence-corrected chi connectivity index (χ2v) is 5.57. The van der Waals surface area contributed by atoms with Gasteiger partial charge in [-0.2, -0.15) is 0 Å². The zero-order valence-corrected chi connectivity index (χ0v) is 14.8. The predicted octanol–water partition coefficient (Wildman–Crippen LogP) is 3.72. The van der Waals surface area contributed by atoms with Gasteiger partial charge in [0.25, 0.3) is 0 Å². The fourth-order valence-corrected chi connectivity index (χ4v) is 2.38. The van der Waals surface area contributed by atoms with Crippen LogP contribution in [0.25, 0.3) is 11.3 Å². The van der Waals surface area contributed by atoms with Crippen molar-refractivity contribution in [2.75, 3.05) is 11.9 Å². The Labute approximate surface area is 149 Å². The van der Waals surface area contributed by atoms with Crippen molar-refractivity contribution < 1.29 is 4.79 Å². The second-order valence-electron chi connectivity index (χ2n) is 5.57. The third kappa shape index (κ3) is 6.64. The molecule has 1 aromatic carbocycles. The maximum absolute atomic E-state index is 12.0. The van der Waals surface area contributed by atoms with E-state index in [0.29, 0.717) is 6.42 Å². The Morgan fingerprint density at radius 3 is 2.71 bits per heavy atom. The molecule has 0 fully saturated rings. The van der Waals surface area contributed by atoms with Gasteiger partial charge >= 0.3 is 0 Å². The van der Waals surface area contributed by atoms with Crippen LogP contribution in [0, 0.1) is 6.92 Å². The minimum Gasteiger partial charge on any atom is -0.330 e. The van der Waals surface area contributed by atoms with Crippen LogP contribution >= 0.6 is 12.4 Å². The van der Waals surface area contributed by atoms with E-state index in [4.69, 9.17) is 5.73 Å². The highest BCUT2D eigenvalue weighted by Gasteiger charge is 2.05. The molecule has 0 unspecified atom stereocenters. The number of anilines is 1. The molecule has 2 aromatic rings. The number of rotatable bonds is 8. The molecule has 1 heterocycles. The number of aryl methyl sites for hydroxylation is 1. The summed E-state index contributed by atoms with van der Waals surface area (Å²) in [6, 6.07) is 9.59. The molecule has 1 aromatic heterocycles. The molecule has 1 amide bonds. The van der Waals surface area contributed by atoms with Gasteiger partial charge in [-0.25, -0.2) is 9.97 Å². The normalized spacial score (nSPS) is 10.1. The molecule has 24 heavy (non-hydrogen) atoms. The molecule has 0 atom stereocenters. The minimum atomic E-state index is 0. The summed E-state index contributed by atoms with van der Waals surface area (Å²) in [4.78, 5) is 20.5. The lowest BCUT2D eigenvalue weighted by Crippen LogP contribution is -2.11. The molecule has 0 spiro atoms. The van der Waals surface area contributed by atoms with E-state index < -0.39 is 0 Å². The highest BCUT2D eigenvalue weighted by atomic mass is 35.5. The molecule has 0 aliphatic carbocycles. The van der Waals surface area contributed by atoms with Gasteiger partial charge in [-0.05, 0) is 44.5 Å². The average molecular weight is 349 g/mol. The molecule has 3 N–H and O–H groups in total. The van der Waals surface area contributed by atoms with E-state index in [-0.39, 0.29) is 18.3 Å². The van der Waals surface area contributed by atoms with Gasteiger partial charge in [0.05, 0.1) is 5.69 Å². The fourth-order valence-electron chi connectivity index (χ4n) is 2.38. The van der Waals surface area contributed by atoms with E-state index in [1.807, 2.05) is 37.3 Å². The zero-order chi connectivity index (χ0) is 16.5. The number of halogens is 1.